The van der Waals surface area contributed by atoms with Crippen LogP contribution in [0.15, 0.2) is 45.5 Å². The standard InChI is InChI=1S/C22H27BrN2O5/c1-22(2,3)30-20(27)6-5-13-25(4)19(26)14-15-7-9-16(10-8-15)24-21(28)17-11-12-18(23)29-17/h7-12H,5-6,13-14H2,1-4H3,(H,24,28). The van der Waals surface area contributed by atoms with E-state index in [4.69, 9.17) is 9.15 Å². The Hall–Kier alpha value is -2.61. The Labute approximate surface area is 184 Å². The van der Waals surface area contributed by atoms with Gasteiger partial charge in [0.15, 0.2) is 10.4 Å². The molecule has 0 aliphatic heterocycles. The van der Waals surface area contributed by atoms with Gasteiger partial charge >= 0.3 is 5.97 Å². The van der Waals surface area contributed by atoms with Crippen LogP contribution in [0.2, 0.25) is 0 Å². The highest BCUT2D eigenvalue weighted by atomic mass is 79.9. The summed E-state index contributed by atoms with van der Waals surface area (Å²) in [7, 11) is 1.72. The lowest BCUT2D eigenvalue weighted by molar-refractivity contribution is -0.155. The van der Waals surface area contributed by atoms with Crippen molar-refractivity contribution in [3.63, 3.8) is 0 Å². The van der Waals surface area contributed by atoms with Crippen molar-refractivity contribution in [3.8, 4) is 0 Å². The number of likely N-dealkylation sites (N-methyl/N-ethyl adjacent to an activating group) is 1. The highest BCUT2D eigenvalue weighted by molar-refractivity contribution is 9.10. The molecule has 0 atom stereocenters. The van der Waals surface area contributed by atoms with Crippen molar-refractivity contribution in [3.05, 3.63) is 52.4 Å². The Bertz CT molecular complexity index is 884. The molecule has 2 rings (SSSR count). The quantitative estimate of drug-likeness (QED) is 0.567. The molecule has 0 saturated carbocycles. The molecule has 30 heavy (non-hydrogen) atoms. The Kier molecular flexibility index (Phi) is 8.23. The average molecular weight is 479 g/mol. The Morgan fingerprint density at radius 1 is 1.10 bits per heavy atom. The van der Waals surface area contributed by atoms with Gasteiger partial charge in [0.25, 0.3) is 5.91 Å². The number of hydrogen-bond acceptors (Lipinski definition) is 5. The number of ether oxygens (including phenoxy) is 1. The van der Waals surface area contributed by atoms with E-state index in [2.05, 4.69) is 21.2 Å². The monoisotopic (exact) mass is 478 g/mol. The van der Waals surface area contributed by atoms with E-state index in [-0.39, 0.29) is 36.4 Å². The molecule has 162 valence electrons. The third-order valence-corrected chi connectivity index (χ3v) is 4.51. The van der Waals surface area contributed by atoms with Gasteiger partial charge in [-0.15, -0.1) is 0 Å². The number of nitrogens with one attached hydrogen (secondary N) is 1. The maximum Gasteiger partial charge on any atom is 0.306 e. The minimum atomic E-state index is -0.501. The Balaban J connectivity index is 1.78. The number of rotatable bonds is 8. The Morgan fingerprint density at radius 2 is 1.77 bits per heavy atom. The molecular formula is C22H27BrN2O5. The molecule has 0 radical (unpaired) electrons. The molecular weight excluding hydrogens is 452 g/mol. The summed E-state index contributed by atoms with van der Waals surface area (Å²) >= 11 is 3.16. The fraction of sp³-hybridized carbons (Fsp3) is 0.409. The van der Waals surface area contributed by atoms with E-state index in [0.29, 0.717) is 23.3 Å². The molecule has 8 heteroatoms. The Morgan fingerprint density at radius 3 is 2.33 bits per heavy atom. The van der Waals surface area contributed by atoms with E-state index in [0.717, 1.165) is 5.56 Å². The van der Waals surface area contributed by atoms with Gasteiger partial charge in [0.2, 0.25) is 5.91 Å². The van der Waals surface area contributed by atoms with E-state index >= 15 is 0 Å². The number of halogens is 1. The van der Waals surface area contributed by atoms with Crippen molar-refractivity contribution in [1.82, 2.24) is 4.90 Å². The van der Waals surface area contributed by atoms with Crippen LogP contribution in [0.5, 0.6) is 0 Å². The first kappa shape index (κ1) is 23.7. The van der Waals surface area contributed by atoms with E-state index in [1.807, 2.05) is 20.8 Å². The summed E-state index contributed by atoms with van der Waals surface area (Å²) in [5.41, 5.74) is 0.936. The number of nitrogens with zero attached hydrogens (tertiary/aromatic N) is 1. The van der Waals surface area contributed by atoms with Gasteiger partial charge in [0.1, 0.15) is 5.60 Å². The zero-order valence-electron chi connectivity index (χ0n) is 17.7. The summed E-state index contributed by atoms with van der Waals surface area (Å²) in [5.74, 6) is -0.456. The van der Waals surface area contributed by atoms with E-state index < -0.39 is 5.60 Å². The van der Waals surface area contributed by atoms with Gasteiger partial charge in [-0.3, -0.25) is 14.4 Å². The molecule has 0 aliphatic carbocycles. The number of carbonyl (C=O) groups excluding carboxylic acids is 3. The third kappa shape index (κ3) is 8.02. The van der Waals surface area contributed by atoms with Crippen LogP contribution in [0.3, 0.4) is 0 Å². The molecule has 0 aliphatic rings. The average Bonchev–Trinajstić information content (AvgIpc) is 3.08. The lowest BCUT2D eigenvalue weighted by Gasteiger charge is -2.20. The number of esters is 1. The topological polar surface area (TPSA) is 88.9 Å². The summed E-state index contributed by atoms with van der Waals surface area (Å²) < 4.78 is 11.0. The molecule has 0 bridgehead atoms. The molecule has 0 unspecified atom stereocenters. The molecule has 0 spiro atoms. The maximum atomic E-state index is 12.4. The normalized spacial score (nSPS) is 11.1. The zero-order valence-corrected chi connectivity index (χ0v) is 19.2. The lowest BCUT2D eigenvalue weighted by atomic mass is 10.1. The summed E-state index contributed by atoms with van der Waals surface area (Å²) in [6, 6.07) is 10.3. The van der Waals surface area contributed by atoms with Crippen LogP contribution < -0.4 is 5.32 Å². The van der Waals surface area contributed by atoms with Gasteiger partial charge in [-0.1, -0.05) is 12.1 Å². The smallest absolute Gasteiger partial charge is 0.306 e. The number of carbonyl (C=O) groups is 3. The van der Waals surface area contributed by atoms with Crippen LogP contribution in [0.4, 0.5) is 5.69 Å². The molecule has 2 amide bonds. The van der Waals surface area contributed by atoms with Crippen molar-refractivity contribution >= 4 is 39.4 Å². The van der Waals surface area contributed by atoms with Gasteiger partial charge in [-0.25, -0.2) is 0 Å². The summed E-state index contributed by atoms with van der Waals surface area (Å²) in [6.45, 7) is 5.96. The van der Waals surface area contributed by atoms with Crippen molar-refractivity contribution < 1.29 is 23.5 Å². The largest absolute Gasteiger partial charge is 0.460 e. The number of anilines is 1. The number of benzene rings is 1. The summed E-state index contributed by atoms with van der Waals surface area (Å²) in [6.07, 6.45) is 1.06. The van der Waals surface area contributed by atoms with Crippen LogP contribution in [0, 0.1) is 0 Å². The van der Waals surface area contributed by atoms with Crippen LogP contribution in [0.1, 0.15) is 49.7 Å². The first-order valence-corrected chi connectivity index (χ1v) is 10.4. The predicted octanol–water partition coefficient (Wildman–Crippen LogP) is 4.42. The highest BCUT2D eigenvalue weighted by Gasteiger charge is 2.17. The van der Waals surface area contributed by atoms with Crippen molar-refractivity contribution in [2.24, 2.45) is 0 Å². The van der Waals surface area contributed by atoms with Gasteiger partial charge in [-0.2, -0.15) is 0 Å². The van der Waals surface area contributed by atoms with E-state index in [1.165, 1.54) is 0 Å². The number of furan rings is 1. The van der Waals surface area contributed by atoms with Crippen LogP contribution in [0.25, 0.3) is 0 Å². The second-order valence-corrected chi connectivity index (χ2v) is 8.72. The van der Waals surface area contributed by atoms with Crippen LogP contribution in [-0.4, -0.2) is 41.9 Å². The maximum absolute atomic E-state index is 12.4. The number of hydrogen-bond donors (Lipinski definition) is 1. The molecule has 2 aromatic rings. The predicted molar refractivity (Wildman–Crippen MR) is 117 cm³/mol. The zero-order chi connectivity index (χ0) is 22.3. The molecule has 1 heterocycles. The second kappa shape index (κ2) is 10.4. The van der Waals surface area contributed by atoms with Crippen molar-refractivity contribution in [1.29, 1.82) is 0 Å². The molecule has 1 aromatic heterocycles. The van der Waals surface area contributed by atoms with Crippen molar-refractivity contribution in [2.45, 2.75) is 45.6 Å². The molecule has 0 fully saturated rings. The van der Waals surface area contributed by atoms with Crippen LogP contribution in [-0.2, 0) is 20.7 Å². The molecule has 7 nitrogen and oxygen atoms in total. The fourth-order valence-electron chi connectivity index (χ4n) is 2.62. The lowest BCUT2D eigenvalue weighted by Crippen LogP contribution is -2.30. The summed E-state index contributed by atoms with van der Waals surface area (Å²) in [4.78, 5) is 37.8. The van der Waals surface area contributed by atoms with Gasteiger partial charge in [0, 0.05) is 25.7 Å². The fourth-order valence-corrected chi connectivity index (χ4v) is 2.93. The molecule has 1 N–H and O–H groups in total. The van der Waals surface area contributed by atoms with Gasteiger partial charge < -0.3 is 19.4 Å². The van der Waals surface area contributed by atoms with Gasteiger partial charge in [0.05, 0.1) is 6.42 Å². The minimum Gasteiger partial charge on any atom is -0.460 e. The third-order valence-electron chi connectivity index (χ3n) is 4.08. The summed E-state index contributed by atoms with van der Waals surface area (Å²) in [5, 5.41) is 2.74. The second-order valence-electron chi connectivity index (χ2n) is 7.94. The molecule has 0 saturated heterocycles. The highest BCUT2D eigenvalue weighted by Crippen LogP contribution is 2.17. The van der Waals surface area contributed by atoms with E-state index in [9.17, 15) is 14.4 Å². The SMILES string of the molecule is CN(CCCC(=O)OC(C)(C)C)C(=O)Cc1ccc(NC(=O)c2ccc(Br)o2)cc1. The first-order valence-electron chi connectivity index (χ1n) is 9.65. The minimum absolute atomic E-state index is 0.0450. The van der Waals surface area contributed by atoms with E-state index in [1.54, 1.807) is 48.3 Å². The van der Waals surface area contributed by atoms with Crippen LogP contribution >= 0.6 is 15.9 Å². The molecule has 1 aromatic carbocycles. The van der Waals surface area contributed by atoms with Gasteiger partial charge in [-0.05, 0) is 73.0 Å². The number of amides is 2. The first-order chi connectivity index (χ1) is 14.0. The van der Waals surface area contributed by atoms with Crippen molar-refractivity contribution in [2.75, 3.05) is 18.9 Å².